The predicted molar refractivity (Wildman–Crippen MR) is 102 cm³/mol. The lowest BCUT2D eigenvalue weighted by molar-refractivity contribution is -0.120. The van der Waals surface area contributed by atoms with Gasteiger partial charge in [0.2, 0.25) is 5.91 Å². The van der Waals surface area contributed by atoms with Crippen molar-refractivity contribution in [3.05, 3.63) is 35.1 Å². The number of carbonyl (C=O) groups excluding carboxylic acids is 1. The monoisotopic (exact) mass is 342 g/mol. The van der Waals surface area contributed by atoms with Crippen LogP contribution >= 0.6 is 0 Å². The normalized spacial score (nSPS) is 18.6. The number of piperidine rings is 1. The molecule has 0 radical (unpaired) electrons. The van der Waals surface area contributed by atoms with E-state index in [1.165, 1.54) is 31.4 Å². The molecule has 1 fully saturated rings. The van der Waals surface area contributed by atoms with Crippen molar-refractivity contribution in [3.8, 4) is 0 Å². The molecule has 1 aromatic heterocycles. The van der Waals surface area contributed by atoms with Crippen molar-refractivity contribution in [1.29, 1.82) is 0 Å². The molecule has 1 aliphatic rings. The number of furan rings is 1. The molecule has 0 unspecified atom stereocenters. The minimum atomic E-state index is 0.0765. The molecule has 1 atom stereocenters. The Kier molecular flexibility index (Phi) is 5.79. The Bertz CT molecular complexity index is 735. The molecule has 1 aliphatic heterocycles. The molecule has 136 valence electrons. The lowest BCUT2D eigenvalue weighted by Gasteiger charge is -2.33. The lowest BCUT2D eigenvalue weighted by Crippen LogP contribution is -2.39. The third-order valence-electron chi connectivity index (χ3n) is 5.58. The summed E-state index contributed by atoms with van der Waals surface area (Å²) in [5.74, 6) is 0.0765. The van der Waals surface area contributed by atoms with Crippen LogP contribution in [0.1, 0.15) is 49.3 Å². The largest absolute Gasteiger partial charge is 0.464 e. The van der Waals surface area contributed by atoms with Crippen molar-refractivity contribution < 1.29 is 9.21 Å². The highest BCUT2D eigenvalue weighted by atomic mass is 16.3. The smallest absolute Gasteiger partial charge is 0.224 e. The fourth-order valence-electron chi connectivity index (χ4n) is 3.76. The molecule has 0 saturated carbocycles. The zero-order valence-corrected chi connectivity index (χ0v) is 15.7. The first-order valence-corrected chi connectivity index (χ1v) is 9.53. The van der Waals surface area contributed by atoms with Gasteiger partial charge in [0.1, 0.15) is 5.58 Å². The summed E-state index contributed by atoms with van der Waals surface area (Å²) in [6.07, 6.45) is 7.09. The average molecular weight is 342 g/mol. The van der Waals surface area contributed by atoms with E-state index in [2.05, 4.69) is 43.1 Å². The molecule has 0 bridgehead atoms. The van der Waals surface area contributed by atoms with Gasteiger partial charge in [-0.3, -0.25) is 4.79 Å². The first-order valence-electron chi connectivity index (χ1n) is 9.53. The van der Waals surface area contributed by atoms with Gasteiger partial charge in [0, 0.05) is 30.1 Å². The number of nitrogens with zero attached hydrogens (tertiary/aromatic N) is 1. The van der Waals surface area contributed by atoms with E-state index in [0.29, 0.717) is 12.5 Å². The zero-order valence-electron chi connectivity index (χ0n) is 15.7. The SMILES string of the molecule is Cc1ccc2c(CC(=O)NCCCN3CCCC[C@H]3C)coc2c1C. The van der Waals surface area contributed by atoms with Crippen molar-refractivity contribution in [2.75, 3.05) is 19.6 Å². The van der Waals surface area contributed by atoms with Crippen molar-refractivity contribution in [2.45, 2.75) is 58.9 Å². The van der Waals surface area contributed by atoms with Crippen molar-refractivity contribution in [1.82, 2.24) is 10.2 Å². The second kappa shape index (κ2) is 8.05. The quantitative estimate of drug-likeness (QED) is 0.808. The van der Waals surface area contributed by atoms with Gasteiger partial charge in [-0.1, -0.05) is 18.6 Å². The summed E-state index contributed by atoms with van der Waals surface area (Å²) in [5, 5.41) is 4.11. The van der Waals surface area contributed by atoms with Gasteiger partial charge in [0.25, 0.3) is 0 Å². The van der Waals surface area contributed by atoms with E-state index in [-0.39, 0.29) is 5.91 Å². The highest BCUT2D eigenvalue weighted by Crippen LogP contribution is 2.26. The first kappa shape index (κ1) is 18.0. The van der Waals surface area contributed by atoms with Crippen LogP contribution in [-0.2, 0) is 11.2 Å². The van der Waals surface area contributed by atoms with Crippen LogP contribution < -0.4 is 5.32 Å². The predicted octanol–water partition coefficient (Wildman–Crippen LogP) is 3.97. The Morgan fingerprint density at radius 2 is 2.16 bits per heavy atom. The van der Waals surface area contributed by atoms with Crippen molar-refractivity contribution in [2.24, 2.45) is 0 Å². The maximum absolute atomic E-state index is 12.3. The molecule has 1 aromatic carbocycles. The lowest BCUT2D eigenvalue weighted by atomic mass is 10.0. The molecule has 1 saturated heterocycles. The Morgan fingerprint density at radius 1 is 1.32 bits per heavy atom. The van der Waals surface area contributed by atoms with Gasteiger partial charge in [-0.15, -0.1) is 0 Å². The number of nitrogens with one attached hydrogen (secondary N) is 1. The second-order valence-corrected chi connectivity index (χ2v) is 7.41. The summed E-state index contributed by atoms with van der Waals surface area (Å²) in [6, 6.07) is 4.84. The van der Waals surface area contributed by atoms with Gasteiger partial charge < -0.3 is 14.6 Å². The summed E-state index contributed by atoms with van der Waals surface area (Å²) < 4.78 is 5.69. The van der Waals surface area contributed by atoms with Crippen LogP contribution in [0, 0.1) is 13.8 Å². The van der Waals surface area contributed by atoms with Gasteiger partial charge in [-0.2, -0.15) is 0 Å². The Balaban J connectivity index is 1.47. The van der Waals surface area contributed by atoms with E-state index in [9.17, 15) is 4.79 Å². The number of aryl methyl sites for hydroxylation is 2. The molecular weight excluding hydrogens is 312 g/mol. The number of rotatable bonds is 6. The number of fused-ring (bicyclic) bond motifs is 1. The van der Waals surface area contributed by atoms with Crippen LogP contribution in [0.2, 0.25) is 0 Å². The van der Waals surface area contributed by atoms with Crippen LogP contribution in [0.3, 0.4) is 0 Å². The van der Waals surface area contributed by atoms with Crippen LogP contribution in [0.15, 0.2) is 22.8 Å². The molecule has 2 aromatic rings. The highest BCUT2D eigenvalue weighted by Gasteiger charge is 2.17. The van der Waals surface area contributed by atoms with Gasteiger partial charge >= 0.3 is 0 Å². The van der Waals surface area contributed by atoms with Crippen LogP contribution in [0.25, 0.3) is 11.0 Å². The molecule has 3 rings (SSSR count). The number of carbonyl (C=O) groups is 1. The molecule has 2 heterocycles. The summed E-state index contributed by atoms with van der Waals surface area (Å²) in [7, 11) is 0. The minimum absolute atomic E-state index is 0.0765. The average Bonchev–Trinajstić information content (AvgIpc) is 3.00. The molecule has 0 spiro atoms. The minimum Gasteiger partial charge on any atom is -0.464 e. The van der Waals surface area contributed by atoms with E-state index in [1.54, 1.807) is 6.26 Å². The van der Waals surface area contributed by atoms with Crippen LogP contribution in [-0.4, -0.2) is 36.5 Å². The molecule has 1 amide bonds. The second-order valence-electron chi connectivity index (χ2n) is 7.41. The van der Waals surface area contributed by atoms with Crippen LogP contribution in [0.4, 0.5) is 0 Å². The number of hydrogen-bond acceptors (Lipinski definition) is 3. The van der Waals surface area contributed by atoms with Gasteiger partial charge in [0.15, 0.2) is 0 Å². The van der Waals surface area contributed by atoms with E-state index in [1.807, 2.05) is 0 Å². The summed E-state index contributed by atoms with van der Waals surface area (Å²) >= 11 is 0. The fourth-order valence-corrected chi connectivity index (χ4v) is 3.76. The Hall–Kier alpha value is -1.81. The van der Waals surface area contributed by atoms with Gasteiger partial charge in [-0.25, -0.2) is 0 Å². The fraction of sp³-hybridized carbons (Fsp3) is 0.571. The molecule has 1 N–H and O–H groups in total. The molecule has 0 aliphatic carbocycles. The van der Waals surface area contributed by atoms with E-state index >= 15 is 0 Å². The van der Waals surface area contributed by atoms with Crippen molar-refractivity contribution in [3.63, 3.8) is 0 Å². The maximum atomic E-state index is 12.3. The molecular formula is C21H30N2O2. The maximum Gasteiger partial charge on any atom is 0.224 e. The van der Waals surface area contributed by atoms with Crippen LogP contribution in [0.5, 0.6) is 0 Å². The summed E-state index contributed by atoms with van der Waals surface area (Å²) in [4.78, 5) is 14.8. The molecule has 4 nitrogen and oxygen atoms in total. The van der Waals surface area contributed by atoms with Crippen molar-refractivity contribution >= 4 is 16.9 Å². The topological polar surface area (TPSA) is 45.5 Å². The first-order chi connectivity index (χ1) is 12.1. The molecule has 4 heteroatoms. The number of amides is 1. The molecule has 25 heavy (non-hydrogen) atoms. The van der Waals surface area contributed by atoms with Gasteiger partial charge in [0.05, 0.1) is 12.7 Å². The van der Waals surface area contributed by atoms with Gasteiger partial charge in [-0.05, 0) is 57.7 Å². The Morgan fingerprint density at radius 3 is 2.96 bits per heavy atom. The third kappa shape index (κ3) is 4.24. The highest BCUT2D eigenvalue weighted by molar-refractivity contribution is 5.89. The van der Waals surface area contributed by atoms with E-state index in [0.717, 1.165) is 41.6 Å². The zero-order chi connectivity index (χ0) is 17.8. The van der Waals surface area contributed by atoms with E-state index < -0.39 is 0 Å². The summed E-state index contributed by atoms with van der Waals surface area (Å²) in [5.41, 5.74) is 4.24. The Labute approximate surface area is 150 Å². The standard InChI is InChI=1S/C21H30N2O2/c1-15-8-9-19-18(14-25-21(19)17(15)3)13-20(24)22-10-6-12-23-11-5-4-7-16(23)2/h8-9,14,16H,4-7,10-13H2,1-3H3,(H,22,24)/t16-/m1/s1. The third-order valence-corrected chi connectivity index (χ3v) is 5.58. The van der Waals surface area contributed by atoms with E-state index in [4.69, 9.17) is 4.42 Å². The number of likely N-dealkylation sites (tertiary alicyclic amines) is 1. The number of benzene rings is 1. The number of hydrogen-bond donors (Lipinski definition) is 1. The summed E-state index contributed by atoms with van der Waals surface area (Å²) in [6.45, 7) is 9.48.